The minimum absolute atomic E-state index is 0.126. The molecule has 0 heterocycles. The van der Waals surface area contributed by atoms with Crippen LogP contribution in [-0.4, -0.2) is 35.4 Å². The van der Waals surface area contributed by atoms with Crippen molar-refractivity contribution in [3.63, 3.8) is 0 Å². The van der Waals surface area contributed by atoms with Crippen molar-refractivity contribution in [3.05, 3.63) is 98.4 Å². The Bertz CT molecular complexity index is 1240. The van der Waals surface area contributed by atoms with Crippen LogP contribution in [0.15, 0.2) is 77.3 Å². The molecule has 0 radical (unpaired) electrons. The van der Waals surface area contributed by atoms with E-state index >= 15 is 0 Å². The maximum Gasteiger partial charge on any atom is 0.261 e. The van der Waals surface area contributed by atoms with E-state index in [9.17, 15) is 9.59 Å². The molecule has 3 aromatic rings. The SMILES string of the molecule is O=C(NC1CCCCC1)[C@@H](Cc1ccccc1)N(Cc1cccc(Br)c1)C(=O)COc1ccc(Cl)cc1Cl. The summed E-state index contributed by atoms with van der Waals surface area (Å²) in [7, 11) is 0. The zero-order chi connectivity index (χ0) is 26.9. The minimum Gasteiger partial charge on any atom is -0.482 e. The molecule has 1 N–H and O–H groups in total. The highest BCUT2D eigenvalue weighted by Crippen LogP contribution is 2.28. The van der Waals surface area contributed by atoms with Crippen LogP contribution in [0.2, 0.25) is 10.0 Å². The van der Waals surface area contributed by atoms with Gasteiger partial charge in [0.1, 0.15) is 11.8 Å². The molecule has 1 aliphatic carbocycles. The topological polar surface area (TPSA) is 58.6 Å². The van der Waals surface area contributed by atoms with Gasteiger partial charge < -0.3 is 15.0 Å². The predicted molar refractivity (Wildman–Crippen MR) is 156 cm³/mol. The fraction of sp³-hybridized carbons (Fsp3) is 0.333. The second kappa shape index (κ2) is 14.0. The van der Waals surface area contributed by atoms with Crippen molar-refractivity contribution in [3.8, 4) is 5.75 Å². The molecule has 0 unspecified atom stereocenters. The van der Waals surface area contributed by atoms with Crippen LogP contribution in [-0.2, 0) is 22.6 Å². The number of hydrogen-bond donors (Lipinski definition) is 1. The van der Waals surface area contributed by atoms with E-state index < -0.39 is 6.04 Å². The molecular formula is C30H31BrCl2N2O3. The first-order chi connectivity index (χ1) is 18.4. The zero-order valence-corrected chi connectivity index (χ0v) is 24.1. The highest BCUT2D eigenvalue weighted by molar-refractivity contribution is 9.10. The number of amides is 2. The van der Waals surface area contributed by atoms with Crippen LogP contribution >= 0.6 is 39.1 Å². The van der Waals surface area contributed by atoms with Gasteiger partial charge in [0.25, 0.3) is 5.91 Å². The number of carbonyl (C=O) groups is 2. The Morgan fingerprint density at radius 1 is 0.947 bits per heavy atom. The molecule has 38 heavy (non-hydrogen) atoms. The van der Waals surface area contributed by atoms with Gasteiger partial charge in [0.15, 0.2) is 6.61 Å². The molecule has 0 saturated heterocycles. The molecule has 0 aliphatic heterocycles. The summed E-state index contributed by atoms with van der Waals surface area (Å²) in [4.78, 5) is 29.2. The number of nitrogens with zero attached hydrogens (tertiary/aromatic N) is 1. The molecule has 2 amide bonds. The van der Waals surface area contributed by atoms with E-state index in [1.807, 2.05) is 54.6 Å². The van der Waals surface area contributed by atoms with Crippen molar-refractivity contribution in [2.45, 2.75) is 57.2 Å². The average Bonchev–Trinajstić information content (AvgIpc) is 2.91. The van der Waals surface area contributed by atoms with E-state index in [-0.39, 0.29) is 31.0 Å². The quantitative estimate of drug-likeness (QED) is 0.261. The first-order valence-corrected chi connectivity index (χ1v) is 14.4. The van der Waals surface area contributed by atoms with E-state index in [0.717, 1.165) is 41.3 Å². The standard InChI is InChI=1S/C30H31BrCl2N2O3/c31-23-11-7-10-22(16-23)19-35(29(36)20-38-28-15-14-24(32)18-26(28)33)27(17-21-8-3-1-4-9-21)30(37)34-25-12-5-2-6-13-25/h1,3-4,7-11,14-16,18,25,27H,2,5-6,12-13,17,19-20H2,(H,34,37)/t27-/m1/s1. The van der Waals surface area contributed by atoms with E-state index in [0.29, 0.717) is 22.2 Å². The molecule has 4 rings (SSSR count). The fourth-order valence-corrected chi connectivity index (χ4v) is 5.65. The molecular weight excluding hydrogens is 587 g/mol. The van der Waals surface area contributed by atoms with E-state index in [4.69, 9.17) is 27.9 Å². The van der Waals surface area contributed by atoms with Crippen molar-refractivity contribution >= 4 is 50.9 Å². The Balaban J connectivity index is 1.62. The van der Waals surface area contributed by atoms with Gasteiger partial charge in [-0.25, -0.2) is 0 Å². The lowest BCUT2D eigenvalue weighted by atomic mass is 9.94. The Labute approximate surface area is 242 Å². The number of nitrogens with one attached hydrogen (secondary N) is 1. The van der Waals surface area contributed by atoms with Gasteiger partial charge in [-0.05, 0) is 54.3 Å². The third kappa shape index (κ3) is 8.23. The second-order valence-corrected chi connectivity index (χ2v) is 11.3. The van der Waals surface area contributed by atoms with Crippen LogP contribution in [0.5, 0.6) is 5.75 Å². The van der Waals surface area contributed by atoms with Crippen molar-refractivity contribution < 1.29 is 14.3 Å². The van der Waals surface area contributed by atoms with Gasteiger partial charge >= 0.3 is 0 Å². The lowest BCUT2D eigenvalue weighted by Gasteiger charge is -2.33. The van der Waals surface area contributed by atoms with E-state index in [1.165, 1.54) is 6.42 Å². The lowest BCUT2D eigenvalue weighted by molar-refractivity contribution is -0.143. The molecule has 1 aliphatic rings. The van der Waals surface area contributed by atoms with Crippen molar-refractivity contribution in [1.82, 2.24) is 10.2 Å². The summed E-state index contributed by atoms with van der Waals surface area (Å²) in [5, 5.41) is 4.04. The maximum absolute atomic E-state index is 13.8. The third-order valence-corrected chi connectivity index (χ3v) is 7.73. The zero-order valence-electron chi connectivity index (χ0n) is 21.0. The Kier molecular flexibility index (Phi) is 10.5. The first kappa shape index (κ1) is 28.5. The number of halogens is 3. The van der Waals surface area contributed by atoms with Gasteiger partial charge in [0.05, 0.1) is 5.02 Å². The number of ether oxygens (including phenoxy) is 1. The van der Waals surface area contributed by atoms with Crippen LogP contribution in [0.1, 0.15) is 43.2 Å². The second-order valence-electron chi connectivity index (χ2n) is 9.56. The number of hydrogen-bond acceptors (Lipinski definition) is 3. The molecule has 0 spiro atoms. The summed E-state index contributed by atoms with van der Waals surface area (Å²) in [6.45, 7) is -0.0110. The Morgan fingerprint density at radius 2 is 1.68 bits per heavy atom. The molecule has 8 heteroatoms. The van der Waals surface area contributed by atoms with Crippen LogP contribution in [0.25, 0.3) is 0 Å². The summed E-state index contributed by atoms with van der Waals surface area (Å²) in [6, 6.07) is 21.8. The maximum atomic E-state index is 13.8. The molecule has 3 aromatic carbocycles. The molecule has 1 fully saturated rings. The van der Waals surface area contributed by atoms with Gasteiger partial charge in [-0.1, -0.05) is 101 Å². The molecule has 200 valence electrons. The Hall–Kier alpha value is -2.54. The number of benzene rings is 3. The monoisotopic (exact) mass is 616 g/mol. The molecule has 5 nitrogen and oxygen atoms in total. The molecule has 1 atom stereocenters. The highest BCUT2D eigenvalue weighted by Gasteiger charge is 2.32. The molecule has 0 aromatic heterocycles. The average molecular weight is 618 g/mol. The number of rotatable bonds is 10. The summed E-state index contributed by atoms with van der Waals surface area (Å²) in [6.07, 6.45) is 5.71. The summed E-state index contributed by atoms with van der Waals surface area (Å²) >= 11 is 15.8. The van der Waals surface area contributed by atoms with E-state index in [2.05, 4.69) is 21.2 Å². The van der Waals surface area contributed by atoms with Gasteiger partial charge in [-0.2, -0.15) is 0 Å². The van der Waals surface area contributed by atoms with Crippen molar-refractivity contribution in [1.29, 1.82) is 0 Å². The predicted octanol–water partition coefficient (Wildman–Crippen LogP) is 7.22. The van der Waals surface area contributed by atoms with Gasteiger partial charge in [0.2, 0.25) is 5.91 Å². The smallest absolute Gasteiger partial charge is 0.261 e. The normalized spacial score (nSPS) is 14.5. The fourth-order valence-electron chi connectivity index (χ4n) is 4.74. The largest absolute Gasteiger partial charge is 0.482 e. The lowest BCUT2D eigenvalue weighted by Crippen LogP contribution is -2.53. The summed E-state index contributed by atoms with van der Waals surface area (Å²) < 4.78 is 6.70. The van der Waals surface area contributed by atoms with Gasteiger partial charge in [0, 0.05) is 28.5 Å². The highest BCUT2D eigenvalue weighted by atomic mass is 79.9. The number of carbonyl (C=O) groups excluding carboxylic acids is 2. The van der Waals surface area contributed by atoms with Crippen molar-refractivity contribution in [2.24, 2.45) is 0 Å². The van der Waals surface area contributed by atoms with Crippen molar-refractivity contribution in [2.75, 3.05) is 6.61 Å². The Morgan fingerprint density at radius 3 is 2.39 bits per heavy atom. The summed E-state index contributed by atoms with van der Waals surface area (Å²) in [5.74, 6) is -0.0950. The first-order valence-electron chi connectivity index (χ1n) is 12.8. The third-order valence-electron chi connectivity index (χ3n) is 6.71. The molecule has 0 bridgehead atoms. The van der Waals surface area contributed by atoms with Crippen LogP contribution in [0, 0.1) is 0 Å². The van der Waals surface area contributed by atoms with Gasteiger partial charge in [-0.15, -0.1) is 0 Å². The minimum atomic E-state index is -0.713. The van der Waals surface area contributed by atoms with Crippen LogP contribution in [0.4, 0.5) is 0 Å². The van der Waals surface area contributed by atoms with E-state index in [1.54, 1.807) is 23.1 Å². The summed E-state index contributed by atoms with van der Waals surface area (Å²) in [5.41, 5.74) is 1.88. The van der Waals surface area contributed by atoms with Crippen LogP contribution in [0.3, 0.4) is 0 Å². The molecule has 1 saturated carbocycles. The van der Waals surface area contributed by atoms with Crippen LogP contribution < -0.4 is 10.1 Å². The van der Waals surface area contributed by atoms with Gasteiger partial charge in [-0.3, -0.25) is 9.59 Å².